The van der Waals surface area contributed by atoms with Crippen molar-refractivity contribution >= 4 is 29.2 Å². The molecule has 0 radical (unpaired) electrons. The zero-order valence-corrected chi connectivity index (χ0v) is 14.8. The number of hydrogen-bond acceptors (Lipinski definition) is 4. The van der Waals surface area contributed by atoms with Crippen molar-refractivity contribution in [2.24, 2.45) is 0 Å². The summed E-state index contributed by atoms with van der Waals surface area (Å²) in [7, 11) is 0. The molecule has 0 spiro atoms. The van der Waals surface area contributed by atoms with E-state index in [1.807, 2.05) is 12.1 Å². The molecule has 1 aromatic heterocycles. The van der Waals surface area contributed by atoms with E-state index in [9.17, 15) is 9.59 Å². The molecule has 0 bridgehead atoms. The molecule has 26 heavy (non-hydrogen) atoms. The molecule has 0 atom stereocenters. The third-order valence-corrected chi connectivity index (χ3v) is 4.88. The number of amides is 2. The maximum Gasteiger partial charge on any atom is 0.262 e. The van der Waals surface area contributed by atoms with Crippen LogP contribution in [0.2, 0.25) is 5.02 Å². The van der Waals surface area contributed by atoms with Crippen LogP contribution < -0.4 is 9.64 Å². The van der Waals surface area contributed by atoms with Crippen molar-refractivity contribution in [3.63, 3.8) is 0 Å². The number of hydrogen-bond donors (Lipinski definition) is 0. The van der Waals surface area contributed by atoms with E-state index in [4.69, 9.17) is 16.3 Å². The van der Waals surface area contributed by atoms with Crippen molar-refractivity contribution in [2.45, 2.75) is 32.3 Å². The van der Waals surface area contributed by atoms with Crippen LogP contribution in [-0.2, 0) is 16.2 Å². The van der Waals surface area contributed by atoms with Gasteiger partial charge in [0.15, 0.2) is 0 Å². The first-order valence-electron chi connectivity index (χ1n) is 8.58. The summed E-state index contributed by atoms with van der Waals surface area (Å²) in [5, 5.41) is 0.663. The van der Waals surface area contributed by atoms with Crippen molar-refractivity contribution in [1.29, 1.82) is 0 Å². The van der Waals surface area contributed by atoms with Crippen molar-refractivity contribution in [3.8, 4) is 5.88 Å². The molecule has 1 aromatic carbocycles. The highest BCUT2D eigenvalue weighted by molar-refractivity contribution is 6.32. The molecule has 0 N–H and O–H groups in total. The molecular formula is C20H17ClN2O3. The van der Waals surface area contributed by atoms with E-state index >= 15 is 0 Å². The molecule has 1 aliphatic heterocycles. The van der Waals surface area contributed by atoms with Gasteiger partial charge in [0.2, 0.25) is 5.88 Å². The van der Waals surface area contributed by atoms with Crippen molar-refractivity contribution in [3.05, 3.63) is 64.2 Å². The summed E-state index contributed by atoms with van der Waals surface area (Å²) in [6.07, 6.45) is 3.24. The fourth-order valence-corrected chi connectivity index (χ4v) is 3.42. The van der Waals surface area contributed by atoms with Gasteiger partial charge in [-0.05, 0) is 49.4 Å². The Hall–Kier alpha value is -2.66. The Morgan fingerprint density at radius 1 is 0.962 bits per heavy atom. The molecule has 0 saturated carbocycles. The van der Waals surface area contributed by atoms with Crippen LogP contribution in [0.5, 0.6) is 5.88 Å². The molecule has 132 valence electrons. The van der Waals surface area contributed by atoms with Crippen LogP contribution in [0.1, 0.15) is 31.2 Å². The fourth-order valence-electron chi connectivity index (χ4n) is 3.29. The Kier molecular flexibility index (Phi) is 4.47. The molecule has 5 nitrogen and oxygen atoms in total. The number of carbonyl (C=O) groups excluding carboxylic acids is 2. The standard InChI is InChI=1S/C20H17ClN2O3/c21-14-10-8-13(9-11-14)12-26-18-7-3-6-17(22-18)23-19(24)15-4-1-2-5-16(15)20(23)25/h3,6-11H,1-2,4-5,12H2. The number of halogens is 1. The highest BCUT2D eigenvalue weighted by Crippen LogP contribution is 2.35. The summed E-state index contributed by atoms with van der Waals surface area (Å²) in [6, 6.07) is 12.4. The van der Waals surface area contributed by atoms with Crippen molar-refractivity contribution < 1.29 is 14.3 Å². The van der Waals surface area contributed by atoms with Crippen LogP contribution in [0.25, 0.3) is 0 Å². The minimum Gasteiger partial charge on any atom is -0.473 e. The maximum atomic E-state index is 12.6. The van der Waals surface area contributed by atoms with E-state index in [1.165, 1.54) is 4.90 Å². The maximum absolute atomic E-state index is 12.6. The Morgan fingerprint density at radius 3 is 2.27 bits per heavy atom. The second-order valence-corrected chi connectivity index (χ2v) is 6.80. The van der Waals surface area contributed by atoms with Gasteiger partial charge >= 0.3 is 0 Å². The largest absolute Gasteiger partial charge is 0.473 e. The highest BCUT2D eigenvalue weighted by Gasteiger charge is 2.40. The molecular weight excluding hydrogens is 352 g/mol. The number of imide groups is 1. The average Bonchev–Trinajstić information content (AvgIpc) is 2.93. The predicted molar refractivity (Wildman–Crippen MR) is 98.0 cm³/mol. The van der Waals surface area contributed by atoms with E-state index in [0.29, 0.717) is 47.3 Å². The quantitative estimate of drug-likeness (QED) is 0.763. The number of ether oxygens (including phenoxy) is 1. The number of nitrogens with zero attached hydrogens (tertiary/aromatic N) is 2. The molecule has 2 aromatic rings. The topological polar surface area (TPSA) is 59.5 Å². The van der Waals surface area contributed by atoms with Gasteiger partial charge in [0.1, 0.15) is 12.4 Å². The number of rotatable bonds is 4. The minimum atomic E-state index is -0.243. The predicted octanol–water partition coefficient (Wildman–Crippen LogP) is 4.06. The van der Waals surface area contributed by atoms with E-state index in [-0.39, 0.29) is 11.8 Å². The Bertz CT molecular complexity index is 878. The lowest BCUT2D eigenvalue weighted by molar-refractivity contribution is -0.120. The van der Waals surface area contributed by atoms with Crippen LogP contribution in [0.4, 0.5) is 5.82 Å². The van der Waals surface area contributed by atoms with Gasteiger partial charge < -0.3 is 4.74 Å². The lowest BCUT2D eigenvalue weighted by atomic mass is 9.93. The number of pyridine rings is 1. The summed E-state index contributed by atoms with van der Waals surface area (Å²) in [5.74, 6) is 0.185. The van der Waals surface area contributed by atoms with Gasteiger partial charge in [0.05, 0.1) is 0 Å². The SMILES string of the molecule is O=C1C2=C(CCCC2)C(=O)N1c1cccc(OCc2ccc(Cl)cc2)n1. The smallest absolute Gasteiger partial charge is 0.262 e. The summed E-state index contributed by atoms with van der Waals surface area (Å²) in [6.45, 7) is 0.324. The Balaban J connectivity index is 1.52. The van der Waals surface area contributed by atoms with Crippen LogP contribution in [0.15, 0.2) is 53.6 Å². The summed E-state index contributed by atoms with van der Waals surface area (Å²) in [4.78, 5) is 30.8. The summed E-state index contributed by atoms with van der Waals surface area (Å²) >= 11 is 5.87. The van der Waals surface area contributed by atoms with E-state index in [1.54, 1.807) is 30.3 Å². The number of aromatic nitrogens is 1. The molecule has 0 unspecified atom stereocenters. The van der Waals surface area contributed by atoms with Crippen LogP contribution in [-0.4, -0.2) is 16.8 Å². The fraction of sp³-hybridized carbons (Fsp3) is 0.250. The molecule has 0 saturated heterocycles. The molecule has 2 aliphatic rings. The molecule has 2 amide bonds. The Morgan fingerprint density at radius 2 is 1.62 bits per heavy atom. The molecule has 0 fully saturated rings. The zero-order valence-electron chi connectivity index (χ0n) is 14.1. The second-order valence-electron chi connectivity index (χ2n) is 6.36. The highest BCUT2D eigenvalue weighted by atomic mass is 35.5. The van der Waals surface area contributed by atoms with Gasteiger partial charge in [-0.25, -0.2) is 4.90 Å². The first-order chi connectivity index (χ1) is 12.6. The third kappa shape index (κ3) is 3.10. The van der Waals surface area contributed by atoms with Gasteiger partial charge in [0.25, 0.3) is 11.8 Å². The van der Waals surface area contributed by atoms with Crippen LogP contribution in [0.3, 0.4) is 0 Å². The average molecular weight is 369 g/mol. The van der Waals surface area contributed by atoms with Gasteiger partial charge in [-0.15, -0.1) is 0 Å². The summed E-state index contributed by atoms with van der Waals surface area (Å²) < 4.78 is 5.70. The van der Waals surface area contributed by atoms with E-state index in [2.05, 4.69) is 4.98 Å². The number of carbonyl (C=O) groups is 2. The van der Waals surface area contributed by atoms with E-state index < -0.39 is 0 Å². The summed E-state index contributed by atoms with van der Waals surface area (Å²) in [5.41, 5.74) is 2.25. The monoisotopic (exact) mass is 368 g/mol. The minimum absolute atomic E-state index is 0.243. The van der Waals surface area contributed by atoms with E-state index in [0.717, 1.165) is 18.4 Å². The normalized spacial score (nSPS) is 16.9. The molecule has 6 heteroatoms. The van der Waals surface area contributed by atoms with Crippen LogP contribution in [0, 0.1) is 0 Å². The molecule has 1 aliphatic carbocycles. The molecule has 4 rings (SSSR count). The lowest BCUT2D eigenvalue weighted by Crippen LogP contribution is -2.32. The van der Waals surface area contributed by atoms with Gasteiger partial charge in [0, 0.05) is 22.2 Å². The number of anilines is 1. The first-order valence-corrected chi connectivity index (χ1v) is 8.96. The first kappa shape index (κ1) is 16.8. The second kappa shape index (κ2) is 6.92. The van der Waals surface area contributed by atoms with Crippen LogP contribution >= 0.6 is 11.6 Å². The van der Waals surface area contributed by atoms with Crippen molar-refractivity contribution in [1.82, 2.24) is 4.98 Å². The number of benzene rings is 1. The lowest BCUT2D eigenvalue weighted by Gasteiger charge is -2.15. The van der Waals surface area contributed by atoms with Gasteiger partial charge in [-0.3, -0.25) is 9.59 Å². The van der Waals surface area contributed by atoms with Gasteiger partial charge in [-0.2, -0.15) is 4.98 Å². The van der Waals surface area contributed by atoms with Crippen molar-refractivity contribution in [2.75, 3.05) is 4.90 Å². The zero-order chi connectivity index (χ0) is 18.1. The third-order valence-electron chi connectivity index (χ3n) is 4.63. The Labute approximate surface area is 156 Å². The molecule has 2 heterocycles. The van der Waals surface area contributed by atoms with Gasteiger partial charge in [-0.1, -0.05) is 29.8 Å².